The molecule has 0 saturated heterocycles. The van der Waals surface area contributed by atoms with E-state index in [1.165, 1.54) is 94.0 Å². The van der Waals surface area contributed by atoms with Gasteiger partial charge >= 0.3 is 0 Å². The zero-order valence-corrected chi connectivity index (χ0v) is 40.6. The van der Waals surface area contributed by atoms with Crippen LogP contribution in [0.3, 0.4) is 0 Å². The number of hydrogen-bond acceptors (Lipinski definition) is 1. The largest absolute Gasteiger partial charge is 0.293 e. The third kappa shape index (κ3) is 8.27. The average molecular weight is 933 g/mol. The predicted octanol–water partition coefficient (Wildman–Crippen LogP) is 19.0. The first-order chi connectivity index (χ1) is 36.1. The third-order valence-electron chi connectivity index (χ3n) is 14.8. The van der Waals surface area contributed by atoms with Crippen LogP contribution in [0.25, 0.3) is 111 Å². The van der Waals surface area contributed by atoms with Crippen LogP contribution in [-0.2, 0) is 6.42 Å². The Morgan fingerprint density at radius 2 is 0.904 bits per heavy atom. The molecule has 2 aliphatic carbocycles. The molecule has 1 unspecified atom stereocenters. The second kappa shape index (κ2) is 18.9. The molecule has 0 aliphatic heterocycles. The number of imidazole rings is 1. The maximum atomic E-state index is 5.28. The fourth-order valence-corrected chi connectivity index (χ4v) is 11.3. The highest BCUT2D eigenvalue weighted by Crippen LogP contribution is 2.48. The van der Waals surface area contributed by atoms with E-state index < -0.39 is 0 Å². The Kier molecular flexibility index (Phi) is 11.4. The number of rotatable bonds is 9. The number of aromatic nitrogens is 2. The van der Waals surface area contributed by atoms with Crippen molar-refractivity contribution in [3.63, 3.8) is 0 Å². The summed E-state index contributed by atoms with van der Waals surface area (Å²) in [5.41, 5.74) is 21.2. The monoisotopic (exact) mass is 932 g/mol. The summed E-state index contributed by atoms with van der Waals surface area (Å²) in [6.07, 6.45) is 16.1. The topological polar surface area (TPSA) is 17.8 Å². The van der Waals surface area contributed by atoms with Gasteiger partial charge < -0.3 is 0 Å². The van der Waals surface area contributed by atoms with Crippen LogP contribution in [0, 0.1) is 0 Å². The third-order valence-corrected chi connectivity index (χ3v) is 14.8. The molecule has 0 N–H and O–H groups in total. The van der Waals surface area contributed by atoms with Crippen molar-refractivity contribution in [1.29, 1.82) is 0 Å². The van der Waals surface area contributed by atoms with Crippen LogP contribution in [0.2, 0.25) is 0 Å². The molecular weight excluding hydrogens is 881 g/mol. The number of aryl methyl sites for hydroxylation is 1. The molecule has 10 aromatic carbocycles. The maximum Gasteiger partial charge on any atom is 0.145 e. The van der Waals surface area contributed by atoms with Crippen LogP contribution in [0.1, 0.15) is 35.7 Å². The van der Waals surface area contributed by atoms with Gasteiger partial charge in [0.1, 0.15) is 5.82 Å². The SMILES string of the molecule is C=C1CC=CC=CC1c1cc(-c2ccccc2)cc(-c2c3ccccc3c(-c3cc(-c4ccccc4)cc(-c4ccccc4)c3)c3ccc(-c4ccc(-c5nc6c(n5-c5ccccc5)C=CCC6)cc4)cc23)c1. The molecule has 2 nitrogen and oxygen atoms in total. The lowest BCUT2D eigenvalue weighted by Crippen LogP contribution is -2.01. The molecule has 2 heteroatoms. The number of para-hydroxylation sites is 1. The minimum Gasteiger partial charge on any atom is -0.293 e. The Labute approximate surface area is 427 Å². The van der Waals surface area contributed by atoms with E-state index in [-0.39, 0.29) is 5.92 Å². The van der Waals surface area contributed by atoms with Crippen molar-refractivity contribution in [3.05, 3.63) is 284 Å². The summed E-state index contributed by atoms with van der Waals surface area (Å²) >= 11 is 0. The van der Waals surface area contributed by atoms with Gasteiger partial charge in [0, 0.05) is 17.2 Å². The number of allylic oxidation sites excluding steroid dienone is 6. The lowest BCUT2D eigenvalue weighted by Gasteiger charge is -2.22. The first-order valence-electron chi connectivity index (χ1n) is 25.5. The average Bonchev–Trinajstić information content (AvgIpc) is 3.72. The van der Waals surface area contributed by atoms with Crippen molar-refractivity contribution in [2.45, 2.75) is 25.2 Å². The summed E-state index contributed by atoms with van der Waals surface area (Å²) in [5.74, 6) is 1.04. The first kappa shape index (κ1) is 43.9. The molecule has 1 atom stereocenters. The molecule has 13 rings (SSSR count). The van der Waals surface area contributed by atoms with Crippen LogP contribution >= 0.6 is 0 Å². The van der Waals surface area contributed by atoms with Crippen LogP contribution < -0.4 is 0 Å². The quantitative estimate of drug-likeness (QED) is 0.104. The second-order valence-electron chi connectivity index (χ2n) is 19.4. The molecular formula is C71H52N2. The van der Waals surface area contributed by atoms with Crippen molar-refractivity contribution >= 4 is 27.6 Å². The van der Waals surface area contributed by atoms with Gasteiger partial charge in [0.25, 0.3) is 0 Å². The van der Waals surface area contributed by atoms with E-state index in [4.69, 9.17) is 4.98 Å². The summed E-state index contributed by atoms with van der Waals surface area (Å²) in [5, 5.41) is 4.83. The Balaban J connectivity index is 1.06. The molecule has 346 valence electrons. The Morgan fingerprint density at radius 1 is 0.411 bits per heavy atom. The van der Waals surface area contributed by atoms with Crippen LogP contribution in [0.15, 0.2) is 267 Å². The Bertz CT molecular complexity index is 3910. The van der Waals surface area contributed by atoms with Gasteiger partial charge in [-0.15, -0.1) is 0 Å². The molecule has 2 aliphatic rings. The molecule has 11 aromatic rings. The smallest absolute Gasteiger partial charge is 0.145 e. The lowest BCUT2D eigenvalue weighted by molar-refractivity contribution is 0.936. The fourth-order valence-electron chi connectivity index (χ4n) is 11.3. The highest BCUT2D eigenvalue weighted by molar-refractivity contribution is 6.22. The summed E-state index contributed by atoms with van der Waals surface area (Å²) in [6, 6.07) is 82.7. The molecule has 0 fully saturated rings. The molecule has 0 radical (unpaired) electrons. The van der Waals surface area contributed by atoms with Crippen molar-refractivity contribution in [2.75, 3.05) is 0 Å². The number of fused-ring (bicyclic) bond motifs is 3. The number of benzene rings is 10. The lowest BCUT2D eigenvalue weighted by atomic mass is 9.81. The molecule has 0 spiro atoms. The van der Waals surface area contributed by atoms with Crippen LogP contribution in [-0.4, -0.2) is 9.55 Å². The summed E-state index contributed by atoms with van der Waals surface area (Å²) < 4.78 is 2.32. The van der Waals surface area contributed by atoms with E-state index in [0.717, 1.165) is 53.2 Å². The van der Waals surface area contributed by atoms with E-state index in [1.807, 2.05) is 0 Å². The van der Waals surface area contributed by atoms with Gasteiger partial charge in [-0.1, -0.05) is 225 Å². The standard InChI is InChI=1S/C71H52N2/c1-48-21-7-2-16-30-62(48)58-42-57(51-26-12-5-13-27-51)45-60(46-58)70-64-32-18-17-31-63(64)69(59-43-55(49-22-8-3-9-23-49)41-56(44-59)50-24-10-4-11-25-50)65-40-39-54(47-66(65)70)52-35-37-53(38-36-52)71-72-67-33-19-20-34-68(67)73(71)61-28-14-6-15-29-61/h2-18,20,22-32,34-47,62H,1,19,21,33H2. The summed E-state index contributed by atoms with van der Waals surface area (Å²) in [7, 11) is 0. The van der Waals surface area contributed by atoms with E-state index in [1.54, 1.807) is 0 Å². The van der Waals surface area contributed by atoms with Crippen molar-refractivity contribution in [3.8, 4) is 83.8 Å². The molecule has 1 aromatic heterocycles. The highest BCUT2D eigenvalue weighted by Gasteiger charge is 2.23. The second-order valence-corrected chi connectivity index (χ2v) is 19.4. The van der Waals surface area contributed by atoms with Crippen LogP contribution in [0.4, 0.5) is 0 Å². The Morgan fingerprint density at radius 3 is 1.55 bits per heavy atom. The van der Waals surface area contributed by atoms with E-state index >= 15 is 0 Å². The minimum absolute atomic E-state index is 0.0690. The van der Waals surface area contributed by atoms with Crippen molar-refractivity contribution < 1.29 is 0 Å². The number of hydrogen-bond donors (Lipinski definition) is 0. The van der Waals surface area contributed by atoms with Gasteiger partial charge in [0.15, 0.2) is 0 Å². The fraction of sp³-hybridized carbons (Fsp3) is 0.0563. The highest BCUT2D eigenvalue weighted by atomic mass is 15.1. The Hall–Kier alpha value is -9.11. The molecule has 73 heavy (non-hydrogen) atoms. The molecule has 1 heterocycles. The first-order valence-corrected chi connectivity index (χ1v) is 25.5. The predicted molar refractivity (Wildman–Crippen MR) is 309 cm³/mol. The van der Waals surface area contributed by atoms with Gasteiger partial charge in [0.05, 0.1) is 11.4 Å². The minimum atomic E-state index is 0.0690. The zero-order valence-electron chi connectivity index (χ0n) is 40.6. The molecule has 0 saturated carbocycles. The van der Waals surface area contributed by atoms with E-state index in [9.17, 15) is 0 Å². The van der Waals surface area contributed by atoms with Crippen molar-refractivity contribution in [1.82, 2.24) is 9.55 Å². The van der Waals surface area contributed by atoms with E-state index in [2.05, 4.69) is 272 Å². The molecule has 0 bridgehead atoms. The maximum absolute atomic E-state index is 5.28. The van der Waals surface area contributed by atoms with Crippen LogP contribution in [0.5, 0.6) is 0 Å². The van der Waals surface area contributed by atoms with Crippen molar-refractivity contribution in [2.24, 2.45) is 0 Å². The van der Waals surface area contributed by atoms with Gasteiger partial charge in [-0.25, -0.2) is 4.98 Å². The van der Waals surface area contributed by atoms with Gasteiger partial charge in [0.2, 0.25) is 0 Å². The number of nitrogens with zero attached hydrogens (tertiary/aromatic N) is 2. The summed E-state index contributed by atoms with van der Waals surface area (Å²) in [4.78, 5) is 5.28. The van der Waals surface area contributed by atoms with E-state index in [0.29, 0.717) is 0 Å². The zero-order chi connectivity index (χ0) is 48.7. The van der Waals surface area contributed by atoms with Gasteiger partial charge in [-0.05, 0) is 162 Å². The normalized spacial score (nSPS) is 14.1. The van der Waals surface area contributed by atoms with Gasteiger partial charge in [-0.3, -0.25) is 4.57 Å². The van der Waals surface area contributed by atoms with Gasteiger partial charge in [-0.2, -0.15) is 0 Å². The molecule has 0 amide bonds. The summed E-state index contributed by atoms with van der Waals surface area (Å²) in [6.45, 7) is 4.64.